The second kappa shape index (κ2) is 42.4. The number of nitrogens with one attached hydrogen (secondary N) is 1. The van der Waals surface area contributed by atoms with Crippen molar-refractivity contribution in [2.45, 2.75) is 288 Å². The predicted molar refractivity (Wildman–Crippen MR) is 418 cm³/mol. The maximum absolute atomic E-state index is 14.0. The number of hydrogen-bond acceptors (Lipinski definition) is 8. The minimum Gasteiger partial charge on any atom is -1.00 e. The second-order valence-electron chi connectivity index (χ2n) is 29.4. The molecule has 0 bridgehead atoms. The number of aliphatic imine (C=N–C) groups is 1. The van der Waals surface area contributed by atoms with Crippen molar-refractivity contribution in [2.24, 2.45) is 4.99 Å². The Hall–Kier alpha value is -6.10. The van der Waals surface area contributed by atoms with Crippen LogP contribution in [0.2, 0.25) is 0 Å². The summed E-state index contributed by atoms with van der Waals surface area (Å²) in [5.74, 6) is 1.53. The molecule has 0 unspecified atom stereocenters. The molecule has 1 amide bonds. The first-order valence-electron chi connectivity index (χ1n) is 38.8. The summed E-state index contributed by atoms with van der Waals surface area (Å²) in [6, 6.07) is 30.9. The highest BCUT2D eigenvalue weighted by molar-refractivity contribution is 7.98. The SMILES string of the molecule is CCCCCCCCCCCCCCCCCCCCCC[N+]1=C(/C=C\C=C2\N(CCCCCCCCCCCCCC)c3ccc(CNC(=O)c4ccc(C=N[C@H]5CCc6cc(OC)c(OC)c(OC)c6-c6ccc(SC)c(=O)cc65)cc4)cc3C2(C)C)C(C)(C)c2ccccc21.[Cl-]. The summed E-state index contributed by atoms with van der Waals surface area (Å²) in [7, 11) is 4.87. The zero-order valence-corrected chi connectivity index (χ0v) is 64.5. The second-order valence-corrected chi connectivity index (χ2v) is 30.3. The molecule has 0 saturated heterocycles. The molecule has 0 spiro atoms. The molecule has 2 aliphatic heterocycles. The van der Waals surface area contributed by atoms with Gasteiger partial charge < -0.3 is 36.8 Å². The van der Waals surface area contributed by atoms with E-state index in [1.165, 1.54) is 245 Å². The van der Waals surface area contributed by atoms with Gasteiger partial charge in [-0.05, 0) is 122 Å². The number of thioether (sulfide) groups is 1. The lowest BCUT2D eigenvalue weighted by Gasteiger charge is -2.27. The van der Waals surface area contributed by atoms with Gasteiger partial charge in [-0.25, -0.2) is 0 Å². The van der Waals surface area contributed by atoms with Crippen molar-refractivity contribution in [3.63, 3.8) is 0 Å². The first-order valence-corrected chi connectivity index (χ1v) is 40.0. The van der Waals surface area contributed by atoms with E-state index in [9.17, 15) is 9.59 Å². The van der Waals surface area contributed by atoms with Gasteiger partial charge in [0, 0.05) is 71.4 Å². The van der Waals surface area contributed by atoms with Gasteiger partial charge in [0.15, 0.2) is 22.6 Å². The van der Waals surface area contributed by atoms with E-state index in [2.05, 4.69) is 117 Å². The lowest BCUT2D eigenvalue weighted by atomic mass is 9.81. The van der Waals surface area contributed by atoms with Gasteiger partial charge >= 0.3 is 0 Å². The van der Waals surface area contributed by atoms with Gasteiger partial charge in [0.1, 0.15) is 6.54 Å². The standard InChI is InChI=1S/C88H124N4O5S.ClH/c1-11-13-15-17-19-21-23-25-26-27-28-29-30-31-32-34-36-37-39-43-60-91-76-47-42-41-46-73(76)87(3,4)81(91)48-45-49-82-88(5,6)74-62-68(52-58-77(74)92(82)61-44-40-38-35-33-24-22-20-18-16-14-12-2)66-90-86(94)69-53-50-67(51-54-69)65-89-75-57-55-70-63-79(95-7)84(96-8)85(97-9)83(70)71-56-59-80(98-10)78(93)64-72(71)75;/h41-42,45-54,56,58-59,62-65,75H,11-40,43-44,55,57,60-61,66H2,1-10H3;1H/t75-;/m0./s1. The fraction of sp³-hybridized carbons (Fsp3) is 0.568. The quantitative estimate of drug-likeness (QED) is 0.0180. The monoisotopic (exact) mass is 1380 g/mol. The van der Waals surface area contributed by atoms with Crippen molar-refractivity contribution in [1.29, 1.82) is 0 Å². The summed E-state index contributed by atoms with van der Waals surface area (Å²) < 4.78 is 20.2. The first kappa shape index (κ1) is 80.2. The Morgan fingerprint density at radius 3 is 1.74 bits per heavy atom. The number of rotatable bonds is 45. The molecular formula is C88H125ClN4O5S. The van der Waals surface area contributed by atoms with Crippen molar-refractivity contribution in [1.82, 2.24) is 5.32 Å². The van der Waals surface area contributed by atoms with Crippen LogP contribution >= 0.6 is 11.8 Å². The Balaban J connectivity index is 0.0000138. The molecule has 3 aliphatic rings. The number of hydrogen-bond donors (Lipinski definition) is 1. The lowest BCUT2D eigenvalue weighted by Crippen LogP contribution is -3.00. The Labute approximate surface area is 609 Å². The van der Waals surface area contributed by atoms with Crippen molar-refractivity contribution < 1.29 is 36.0 Å². The molecular weight excluding hydrogens is 1260 g/mol. The minimum atomic E-state index is -0.320. The van der Waals surface area contributed by atoms with Gasteiger partial charge in [0.25, 0.3) is 5.91 Å². The number of amides is 1. The molecule has 0 saturated carbocycles. The average Bonchev–Trinajstić information content (AvgIpc) is 1.63. The number of benzene rings is 4. The zero-order valence-electron chi connectivity index (χ0n) is 62.9. The largest absolute Gasteiger partial charge is 1.00 e. The number of unbranched alkanes of at least 4 members (excludes halogenated alkanes) is 30. The summed E-state index contributed by atoms with van der Waals surface area (Å²) in [5.41, 5.74) is 13.8. The van der Waals surface area contributed by atoms with Crippen molar-refractivity contribution in [3.05, 3.63) is 164 Å². The number of carbonyl (C=O) groups excluding carboxylic acids is 1. The highest BCUT2D eigenvalue weighted by Crippen LogP contribution is 2.52. The molecule has 1 N–H and O–H groups in total. The molecule has 1 atom stereocenters. The van der Waals surface area contributed by atoms with Crippen LogP contribution < -0.4 is 42.3 Å². The van der Waals surface area contributed by atoms with Gasteiger partial charge in [-0.3, -0.25) is 14.6 Å². The Bertz CT molecular complexity index is 3490. The molecule has 540 valence electrons. The number of fused-ring (bicyclic) bond motifs is 5. The summed E-state index contributed by atoms with van der Waals surface area (Å²) in [6.45, 7) is 16.6. The van der Waals surface area contributed by atoms with Gasteiger partial charge in [-0.15, -0.1) is 11.8 Å². The number of para-hydroxylation sites is 1. The average molecular weight is 1390 g/mol. The van der Waals surface area contributed by atoms with E-state index in [-0.39, 0.29) is 40.6 Å². The van der Waals surface area contributed by atoms with Crippen LogP contribution in [0.5, 0.6) is 17.2 Å². The Morgan fingerprint density at radius 2 is 1.18 bits per heavy atom. The smallest absolute Gasteiger partial charge is 0.251 e. The van der Waals surface area contributed by atoms with Gasteiger partial charge in [-0.2, -0.15) is 4.58 Å². The molecule has 2 heterocycles. The molecule has 0 aromatic heterocycles. The molecule has 11 heteroatoms. The number of nitrogens with zero attached hydrogens (tertiary/aromatic N) is 3. The van der Waals surface area contributed by atoms with E-state index in [0.717, 1.165) is 52.9 Å². The van der Waals surface area contributed by atoms with Crippen LogP contribution in [0, 0.1) is 0 Å². The third-order valence-electron chi connectivity index (χ3n) is 21.5. The molecule has 5 aromatic carbocycles. The Kier molecular flexibility index (Phi) is 34.3. The first-order chi connectivity index (χ1) is 47.8. The van der Waals surface area contributed by atoms with E-state index < -0.39 is 0 Å². The molecule has 1 aliphatic carbocycles. The molecule has 0 radical (unpaired) electrons. The van der Waals surface area contributed by atoms with Crippen LogP contribution in [-0.4, -0.2) is 63.1 Å². The van der Waals surface area contributed by atoms with Crippen LogP contribution in [0.3, 0.4) is 0 Å². The summed E-state index contributed by atoms with van der Waals surface area (Å²) in [5, 5.41) is 3.26. The number of anilines is 1. The molecule has 99 heavy (non-hydrogen) atoms. The number of allylic oxidation sites excluding steroid dienone is 4. The van der Waals surface area contributed by atoms with E-state index in [0.29, 0.717) is 47.1 Å². The van der Waals surface area contributed by atoms with E-state index >= 15 is 0 Å². The number of methoxy groups -OCH3 is 3. The van der Waals surface area contributed by atoms with E-state index in [1.807, 2.05) is 54.9 Å². The van der Waals surface area contributed by atoms with Crippen LogP contribution in [0.1, 0.15) is 303 Å². The zero-order chi connectivity index (χ0) is 69.5. The van der Waals surface area contributed by atoms with Crippen LogP contribution in [-0.2, 0) is 23.8 Å². The highest BCUT2D eigenvalue weighted by Gasteiger charge is 2.44. The number of carbonyl (C=O) groups is 1. The summed E-state index contributed by atoms with van der Waals surface area (Å²) in [4.78, 5) is 36.0. The van der Waals surface area contributed by atoms with Crippen LogP contribution in [0.4, 0.5) is 11.4 Å². The van der Waals surface area contributed by atoms with Gasteiger partial charge in [-0.1, -0.05) is 269 Å². The Morgan fingerprint density at radius 1 is 0.626 bits per heavy atom. The van der Waals surface area contributed by atoms with Crippen LogP contribution in [0.15, 0.2) is 130 Å². The maximum Gasteiger partial charge on any atom is 0.251 e. The van der Waals surface area contributed by atoms with Crippen LogP contribution in [0.25, 0.3) is 11.1 Å². The van der Waals surface area contributed by atoms with Gasteiger partial charge in [0.2, 0.25) is 11.4 Å². The minimum absolute atomic E-state index is 0. The summed E-state index contributed by atoms with van der Waals surface area (Å²) in [6.07, 6.45) is 56.2. The molecule has 9 nitrogen and oxygen atoms in total. The lowest BCUT2D eigenvalue weighted by molar-refractivity contribution is -0.438. The van der Waals surface area contributed by atoms with Crippen molar-refractivity contribution in [3.8, 4) is 28.4 Å². The molecule has 5 aromatic rings. The van der Waals surface area contributed by atoms with E-state index in [1.54, 1.807) is 27.4 Å². The van der Waals surface area contributed by atoms with Gasteiger partial charge in [0.05, 0.1) is 37.7 Å². The fourth-order valence-electron chi connectivity index (χ4n) is 15.6. The normalized spacial score (nSPS) is 15.5. The third-order valence-corrected chi connectivity index (χ3v) is 22.2. The topological polar surface area (TPSA) is 92.5 Å². The highest BCUT2D eigenvalue weighted by atomic mass is 35.5. The van der Waals surface area contributed by atoms with E-state index in [4.69, 9.17) is 19.2 Å². The molecule has 0 fully saturated rings. The number of ether oxygens (including phenoxy) is 3. The predicted octanol–water partition coefficient (Wildman–Crippen LogP) is 20.6. The van der Waals surface area contributed by atoms with Crippen molar-refractivity contribution in [2.75, 3.05) is 45.6 Å². The fourth-order valence-corrected chi connectivity index (χ4v) is 16.1. The number of halogens is 1. The molecule has 8 rings (SSSR count). The maximum atomic E-state index is 14.0. The summed E-state index contributed by atoms with van der Waals surface area (Å²) >= 11 is 1.43. The number of aryl methyl sites for hydroxylation is 1. The van der Waals surface area contributed by atoms with Crippen molar-refractivity contribution >= 4 is 41.0 Å². The third kappa shape index (κ3) is 22.4.